The molecule has 2 aliphatic heterocycles. The van der Waals surface area contributed by atoms with Gasteiger partial charge in [0.1, 0.15) is 12.4 Å². The van der Waals surface area contributed by atoms with E-state index in [2.05, 4.69) is 15.3 Å². The zero-order valence-electron chi connectivity index (χ0n) is 24.2. The standard InChI is InChI=1S/C32H34ClN7O3/c1-38(2)13-5-8-29(41)40-16-17-43-28-18-21(9-10-27(28)40)31(42)39-14-11-22(12-15-39)36-32-35-20-25(33)30(37-32)24-19-34-26-7-4-3-6-23(24)26/h3-10,18-20,22,34H,11-17H2,1-2H3,(H,35,36,37)/b8-5+. The number of ether oxygens (including phenoxy) is 1. The molecule has 2 aromatic carbocycles. The molecule has 11 heteroatoms. The number of hydrogen-bond acceptors (Lipinski definition) is 7. The Bertz CT molecular complexity index is 1680. The number of aromatic nitrogens is 3. The number of rotatable bonds is 7. The van der Waals surface area contributed by atoms with Crippen molar-refractivity contribution < 1.29 is 14.3 Å². The lowest BCUT2D eigenvalue weighted by atomic mass is 10.0. The number of piperidine rings is 1. The second-order valence-corrected chi connectivity index (χ2v) is 11.4. The number of anilines is 2. The smallest absolute Gasteiger partial charge is 0.253 e. The fraction of sp³-hybridized carbons (Fsp3) is 0.312. The van der Waals surface area contributed by atoms with Gasteiger partial charge in [0.2, 0.25) is 5.95 Å². The number of para-hydroxylation sites is 1. The first-order valence-corrected chi connectivity index (χ1v) is 14.8. The number of likely N-dealkylation sites (tertiary alicyclic amines) is 1. The van der Waals surface area contributed by atoms with Crippen molar-refractivity contribution in [2.24, 2.45) is 0 Å². The van der Waals surface area contributed by atoms with Crippen LogP contribution in [0.4, 0.5) is 11.6 Å². The average Bonchev–Trinajstić information content (AvgIpc) is 3.45. The average molecular weight is 600 g/mol. The van der Waals surface area contributed by atoms with E-state index in [0.717, 1.165) is 29.3 Å². The molecule has 6 rings (SSSR count). The summed E-state index contributed by atoms with van der Waals surface area (Å²) >= 11 is 6.50. The summed E-state index contributed by atoms with van der Waals surface area (Å²) in [6.45, 7) is 2.72. The molecule has 0 aliphatic carbocycles. The minimum Gasteiger partial charge on any atom is -0.490 e. The van der Waals surface area contributed by atoms with Crippen molar-refractivity contribution >= 4 is 46.0 Å². The second kappa shape index (κ2) is 12.4. The van der Waals surface area contributed by atoms with Crippen LogP contribution in [0.15, 0.2) is 67.0 Å². The first-order chi connectivity index (χ1) is 20.9. The lowest BCUT2D eigenvalue weighted by Gasteiger charge is -2.33. The molecule has 0 saturated carbocycles. The van der Waals surface area contributed by atoms with E-state index in [1.807, 2.05) is 60.4 Å². The Kier molecular flexibility index (Phi) is 8.31. The second-order valence-electron chi connectivity index (χ2n) is 11.0. The van der Waals surface area contributed by atoms with Crippen LogP contribution in [0.3, 0.4) is 0 Å². The first kappa shape index (κ1) is 28.7. The number of nitrogens with zero attached hydrogens (tertiary/aromatic N) is 5. The largest absolute Gasteiger partial charge is 0.490 e. The van der Waals surface area contributed by atoms with E-state index in [9.17, 15) is 9.59 Å². The monoisotopic (exact) mass is 599 g/mol. The lowest BCUT2D eigenvalue weighted by Crippen LogP contribution is -2.42. The van der Waals surface area contributed by atoms with Gasteiger partial charge in [-0.2, -0.15) is 0 Å². The number of H-pyrrole nitrogens is 1. The molecule has 4 aromatic rings. The minimum atomic E-state index is -0.0988. The molecule has 2 aliphatic rings. The minimum absolute atomic E-state index is 0.0523. The van der Waals surface area contributed by atoms with Gasteiger partial charge in [-0.05, 0) is 51.2 Å². The van der Waals surface area contributed by atoms with E-state index in [4.69, 9.17) is 21.3 Å². The van der Waals surface area contributed by atoms with Gasteiger partial charge in [-0.25, -0.2) is 9.97 Å². The Balaban J connectivity index is 1.08. The maximum atomic E-state index is 13.4. The number of amides is 2. The van der Waals surface area contributed by atoms with Crippen LogP contribution in [-0.4, -0.2) is 89.5 Å². The van der Waals surface area contributed by atoms with Gasteiger partial charge in [-0.3, -0.25) is 9.59 Å². The maximum Gasteiger partial charge on any atom is 0.253 e. The fourth-order valence-electron chi connectivity index (χ4n) is 5.52. The summed E-state index contributed by atoms with van der Waals surface area (Å²) in [7, 11) is 3.90. The maximum absolute atomic E-state index is 13.4. The van der Waals surface area contributed by atoms with Crippen LogP contribution in [-0.2, 0) is 4.79 Å². The van der Waals surface area contributed by atoms with Gasteiger partial charge >= 0.3 is 0 Å². The molecule has 43 heavy (non-hydrogen) atoms. The molecule has 4 heterocycles. The molecule has 222 valence electrons. The van der Waals surface area contributed by atoms with E-state index in [0.29, 0.717) is 66.5 Å². The van der Waals surface area contributed by atoms with Crippen LogP contribution in [0.25, 0.3) is 22.2 Å². The molecule has 2 amide bonds. The molecule has 1 fully saturated rings. The fourth-order valence-corrected chi connectivity index (χ4v) is 5.71. The number of fused-ring (bicyclic) bond motifs is 2. The Morgan fingerprint density at radius 2 is 1.98 bits per heavy atom. The van der Waals surface area contributed by atoms with Crippen molar-refractivity contribution in [2.45, 2.75) is 18.9 Å². The highest BCUT2D eigenvalue weighted by Gasteiger charge is 2.27. The molecular weight excluding hydrogens is 566 g/mol. The summed E-state index contributed by atoms with van der Waals surface area (Å²) in [5.41, 5.74) is 3.84. The number of carbonyl (C=O) groups excluding carboxylic acids is 2. The molecule has 1 saturated heterocycles. The van der Waals surface area contributed by atoms with Gasteiger partial charge in [0.25, 0.3) is 11.8 Å². The third kappa shape index (κ3) is 6.21. The molecule has 2 aromatic heterocycles. The summed E-state index contributed by atoms with van der Waals surface area (Å²) in [6.07, 6.45) is 8.48. The summed E-state index contributed by atoms with van der Waals surface area (Å²) < 4.78 is 5.84. The predicted octanol–water partition coefficient (Wildman–Crippen LogP) is 4.84. The van der Waals surface area contributed by atoms with Crippen molar-refractivity contribution in [3.63, 3.8) is 0 Å². The first-order valence-electron chi connectivity index (χ1n) is 14.4. The van der Waals surface area contributed by atoms with E-state index in [1.165, 1.54) is 0 Å². The van der Waals surface area contributed by atoms with Crippen LogP contribution in [0.1, 0.15) is 23.2 Å². The normalized spacial score (nSPS) is 15.6. The number of halogens is 1. The molecule has 2 N–H and O–H groups in total. The zero-order valence-corrected chi connectivity index (χ0v) is 25.0. The zero-order chi connectivity index (χ0) is 29.9. The van der Waals surface area contributed by atoms with Crippen LogP contribution < -0.4 is 15.0 Å². The van der Waals surface area contributed by atoms with E-state index < -0.39 is 0 Å². The molecule has 0 radical (unpaired) electrons. The summed E-state index contributed by atoms with van der Waals surface area (Å²) in [4.78, 5) is 44.2. The summed E-state index contributed by atoms with van der Waals surface area (Å²) in [5.74, 6) is 0.910. The predicted molar refractivity (Wildman–Crippen MR) is 169 cm³/mol. The number of benzene rings is 2. The molecule has 0 spiro atoms. The quantitative estimate of drug-likeness (QED) is 0.293. The van der Waals surface area contributed by atoms with Gasteiger partial charge in [-0.15, -0.1) is 0 Å². The lowest BCUT2D eigenvalue weighted by molar-refractivity contribution is -0.114. The highest BCUT2D eigenvalue weighted by molar-refractivity contribution is 6.33. The highest BCUT2D eigenvalue weighted by Crippen LogP contribution is 2.34. The van der Waals surface area contributed by atoms with E-state index >= 15 is 0 Å². The molecule has 0 unspecified atom stereocenters. The van der Waals surface area contributed by atoms with Crippen molar-refractivity contribution in [3.05, 3.63) is 77.6 Å². The van der Waals surface area contributed by atoms with Crippen molar-refractivity contribution in [1.29, 1.82) is 0 Å². The van der Waals surface area contributed by atoms with Gasteiger partial charge in [0, 0.05) is 60.0 Å². The van der Waals surface area contributed by atoms with Gasteiger partial charge in [0.15, 0.2) is 0 Å². The SMILES string of the molecule is CN(C)C/C=C/C(=O)N1CCOc2cc(C(=O)N3CCC(Nc4ncc(Cl)c(-c5c[nH]c6ccccc56)n4)CC3)ccc21. The third-order valence-electron chi connectivity index (χ3n) is 7.77. The molecule has 10 nitrogen and oxygen atoms in total. The Labute approximate surface area is 255 Å². The Morgan fingerprint density at radius 1 is 1.16 bits per heavy atom. The van der Waals surface area contributed by atoms with Crippen LogP contribution in [0.5, 0.6) is 5.75 Å². The van der Waals surface area contributed by atoms with Crippen molar-refractivity contribution in [3.8, 4) is 17.0 Å². The summed E-state index contributed by atoms with van der Waals surface area (Å²) in [5, 5.41) is 4.97. The summed E-state index contributed by atoms with van der Waals surface area (Å²) in [6, 6.07) is 13.5. The number of aromatic amines is 1. The van der Waals surface area contributed by atoms with Crippen LogP contribution in [0, 0.1) is 0 Å². The van der Waals surface area contributed by atoms with Gasteiger partial charge in [0.05, 0.1) is 29.1 Å². The van der Waals surface area contributed by atoms with E-state index in [-0.39, 0.29) is 17.9 Å². The van der Waals surface area contributed by atoms with Crippen LogP contribution >= 0.6 is 11.6 Å². The third-order valence-corrected chi connectivity index (χ3v) is 8.05. The Morgan fingerprint density at radius 3 is 2.79 bits per heavy atom. The van der Waals surface area contributed by atoms with E-state index in [1.54, 1.807) is 35.4 Å². The van der Waals surface area contributed by atoms with Crippen LogP contribution in [0.2, 0.25) is 5.02 Å². The number of carbonyl (C=O) groups is 2. The van der Waals surface area contributed by atoms with Crippen molar-refractivity contribution in [1.82, 2.24) is 24.8 Å². The van der Waals surface area contributed by atoms with Crippen molar-refractivity contribution in [2.75, 3.05) is 57.1 Å². The Hall–Kier alpha value is -4.41. The number of likely N-dealkylation sites (N-methyl/N-ethyl adjacent to an activating group) is 1. The topological polar surface area (TPSA) is 107 Å². The van der Waals surface area contributed by atoms with Gasteiger partial charge < -0.3 is 29.7 Å². The molecule has 0 bridgehead atoms. The molecule has 0 atom stereocenters. The number of nitrogens with one attached hydrogen (secondary N) is 2. The number of hydrogen-bond donors (Lipinski definition) is 2. The molecular formula is C32H34ClN7O3. The van der Waals surface area contributed by atoms with Gasteiger partial charge in [-0.1, -0.05) is 35.9 Å². The highest BCUT2D eigenvalue weighted by atomic mass is 35.5.